The van der Waals surface area contributed by atoms with Crippen molar-refractivity contribution in [1.29, 1.82) is 0 Å². The summed E-state index contributed by atoms with van der Waals surface area (Å²) in [6.45, 7) is 3.81. The Morgan fingerprint density at radius 3 is 2.75 bits per heavy atom. The van der Waals surface area contributed by atoms with Crippen LogP contribution in [0, 0.1) is 13.8 Å². The zero-order valence-electron chi connectivity index (χ0n) is 9.36. The summed E-state index contributed by atoms with van der Waals surface area (Å²) in [7, 11) is 0. The van der Waals surface area contributed by atoms with Crippen LogP contribution in [0.3, 0.4) is 0 Å². The number of carbonyl (C=O) groups excluding carboxylic acids is 1. The highest BCUT2D eigenvalue weighted by Crippen LogP contribution is 2.13. The van der Waals surface area contributed by atoms with Crippen LogP contribution in [0.25, 0.3) is 0 Å². The number of carbonyl (C=O) groups is 1. The Morgan fingerprint density at radius 1 is 1.31 bits per heavy atom. The Bertz CT molecular complexity index is 514. The summed E-state index contributed by atoms with van der Waals surface area (Å²) in [5.41, 5.74) is 2.71. The summed E-state index contributed by atoms with van der Waals surface area (Å²) < 4.78 is 5.16. The average molecular weight is 215 g/mol. The quantitative estimate of drug-likeness (QED) is 0.739. The van der Waals surface area contributed by atoms with E-state index in [1.165, 1.54) is 6.26 Å². The largest absolute Gasteiger partial charge is 0.461 e. The molecule has 2 aromatic heterocycles. The minimum Gasteiger partial charge on any atom is -0.461 e. The first-order chi connectivity index (χ1) is 7.68. The third kappa shape index (κ3) is 2.03. The van der Waals surface area contributed by atoms with E-state index >= 15 is 0 Å². The van der Waals surface area contributed by atoms with Crippen molar-refractivity contribution in [3.8, 4) is 0 Å². The van der Waals surface area contributed by atoms with Gasteiger partial charge in [0.15, 0.2) is 5.76 Å². The molecule has 0 atom stereocenters. The number of pyridine rings is 1. The average Bonchev–Trinajstić information content (AvgIpc) is 2.68. The first kappa shape index (κ1) is 10.6. The van der Waals surface area contributed by atoms with Crippen LogP contribution in [-0.4, -0.2) is 10.8 Å². The fourth-order valence-electron chi connectivity index (χ4n) is 1.59. The highest BCUT2D eigenvalue weighted by Gasteiger charge is 2.14. The number of hydrogen-bond acceptors (Lipinski definition) is 3. The Hall–Kier alpha value is -1.90. The molecule has 0 N–H and O–H groups in total. The van der Waals surface area contributed by atoms with Crippen molar-refractivity contribution in [2.75, 3.05) is 0 Å². The molecule has 0 amide bonds. The van der Waals surface area contributed by atoms with Gasteiger partial charge in [-0.3, -0.25) is 9.78 Å². The van der Waals surface area contributed by atoms with Gasteiger partial charge in [0.2, 0.25) is 5.78 Å². The maximum atomic E-state index is 11.9. The minimum atomic E-state index is -0.0238. The van der Waals surface area contributed by atoms with Crippen LogP contribution in [-0.2, 0) is 6.42 Å². The molecule has 0 aliphatic heterocycles. The number of nitrogens with zero attached hydrogens (tertiary/aromatic N) is 1. The predicted octanol–water partition coefficient (Wildman–Crippen LogP) is 2.72. The number of rotatable bonds is 3. The van der Waals surface area contributed by atoms with E-state index in [1.807, 2.05) is 26.0 Å². The van der Waals surface area contributed by atoms with Crippen LogP contribution in [0.4, 0.5) is 0 Å². The van der Waals surface area contributed by atoms with Gasteiger partial charge in [-0.1, -0.05) is 6.07 Å². The molecule has 0 spiro atoms. The fourth-order valence-corrected chi connectivity index (χ4v) is 1.59. The Balaban J connectivity index is 2.21. The number of hydrogen-bond donors (Lipinski definition) is 0. The molecule has 2 aromatic rings. The van der Waals surface area contributed by atoms with Gasteiger partial charge in [0.25, 0.3) is 0 Å². The Labute approximate surface area is 94.1 Å². The molecule has 0 saturated heterocycles. The normalized spacial score (nSPS) is 10.4. The number of ketones is 1. The molecule has 3 heteroatoms. The molecule has 82 valence electrons. The third-order valence-corrected chi connectivity index (χ3v) is 2.56. The lowest BCUT2D eigenvalue weighted by atomic mass is 10.1. The second-order valence-electron chi connectivity index (χ2n) is 3.80. The van der Waals surface area contributed by atoms with Crippen molar-refractivity contribution in [1.82, 2.24) is 4.98 Å². The first-order valence-electron chi connectivity index (χ1n) is 5.16. The van der Waals surface area contributed by atoms with Crippen molar-refractivity contribution in [2.24, 2.45) is 0 Å². The zero-order chi connectivity index (χ0) is 11.5. The fraction of sp³-hybridized carbons (Fsp3) is 0.231. The molecular formula is C13H13NO2. The number of furan rings is 1. The van der Waals surface area contributed by atoms with E-state index in [2.05, 4.69) is 4.98 Å². The van der Waals surface area contributed by atoms with Gasteiger partial charge >= 0.3 is 0 Å². The van der Waals surface area contributed by atoms with Crippen molar-refractivity contribution in [2.45, 2.75) is 20.3 Å². The van der Waals surface area contributed by atoms with E-state index in [1.54, 1.807) is 12.3 Å². The molecule has 0 bridgehead atoms. The highest BCUT2D eigenvalue weighted by molar-refractivity contribution is 5.96. The van der Waals surface area contributed by atoms with Crippen LogP contribution in [0.1, 0.15) is 27.4 Å². The maximum absolute atomic E-state index is 11.9. The van der Waals surface area contributed by atoms with E-state index in [9.17, 15) is 4.79 Å². The van der Waals surface area contributed by atoms with Crippen LogP contribution in [0.2, 0.25) is 0 Å². The summed E-state index contributed by atoms with van der Waals surface area (Å²) in [6.07, 6.45) is 3.53. The van der Waals surface area contributed by atoms with Gasteiger partial charge < -0.3 is 4.42 Å². The van der Waals surface area contributed by atoms with Gasteiger partial charge in [-0.15, -0.1) is 0 Å². The molecule has 0 aliphatic rings. The van der Waals surface area contributed by atoms with Gasteiger partial charge in [0.1, 0.15) is 0 Å². The summed E-state index contributed by atoms with van der Waals surface area (Å²) >= 11 is 0. The summed E-state index contributed by atoms with van der Waals surface area (Å²) in [5.74, 6) is 0.411. The summed E-state index contributed by atoms with van der Waals surface area (Å²) in [5, 5.41) is 0. The third-order valence-electron chi connectivity index (χ3n) is 2.56. The van der Waals surface area contributed by atoms with Crippen molar-refractivity contribution >= 4 is 5.78 Å². The van der Waals surface area contributed by atoms with E-state index in [0.717, 1.165) is 16.8 Å². The van der Waals surface area contributed by atoms with E-state index in [4.69, 9.17) is 4.42 Å². The van der Waals surface area contributed by atoms with Crippen LogP contribution in [0.15, 0.2) is 35.1 Å². The van der Waals surface area contributed by atoms with Crippen molar-refractivity contribution in [3.05, 3.63) is 53.2 Å². The zero-order valence-corrected chi connectivity index (χ0v) is 9.36. The van der Waals surface area contributed by atoms with Gasteiger partial charge in [-0.05, 0) is 37.1 Å². The molecule has 0 aromatic carbocycles. The molecule has 2 heterocycles. The second-order valence-corrected chi connectivity index (χ2v) is 3.80. The lowest BCUT2D eigenvalue weighted by Crippen LogP contribution is -2.06. The smallest absolute Gasteiger partial charge is 0.204 e. The SMILES string of the molecule is Cc1cccnc1CC(=O)c1occc1C. The van der Waals surface area contributed by atoms with Crippen LogP contribution >= 0.6 is 0 Å². The molecule has 0 saturated carbocycles. The van der Waals surface area contributed by atoms with Crippen LogP contribution < -0.4 is 0 Å². The summed E-state index contributed by atoms with van der Waals surface area (Å²) in [4.78, 5) is 16.1. The van der Waals surface area contributed by atoms with Crippen LogP contribution in [0.5, 0.6) is 0 Å². The molecule has 0 aliphatic carbocycles. The Kier molecular flexibility index (Phi) is 2.86. The van der Waals surface area contributed by atoms with Gasteiger partial charge in [-0.2, -0.15) is 0 Å². The monoisotopic (exact) mass is 215 g/mol. The summed E-state index contributed by atoms with van der Waals surface area (Å²) in [6, 6.07) is 5.60. The Morgan fingerprint density at radius 2 is 2.12 bits per heavy atom. The number of Topliss-reactive ketones (excluding diaryl/α,β-unsaturated/α-hetero) is 1. The predicted molar refractivity (Wildman–Crippen MR) is 60.5 cm³/mol. The van der Waals surface area contributed by atoms with E-state index in [-0.39, 0.29) is 5.78 Å². The first-order valence-corrected chi connectivity index (χ1v) is 5.16. The van der Waals surface area contributed by atoms with Gasteiger partial charge in [0, 0.05) is 6.20 Å². The number of aromatic nitrogens is 1. The van der Waals surface area contributed by atoms with E-state index in [0.29, 0.717) is 12.2 Å². The lowest BCUT2D eigenvalue weighted by Gasteiger charge is -2.02. The highest BCUT2D eigenvalue weighted by atomic mass is 16.3. The topological polar surface area (TPSA) is 43.1 Å². The molecule has 0 radical (unpaired) electrons. The molecule has 0 fully saturated rings. The van der Waals surface area contributed by atoms with Gasteiger partial charge in [0.05, 0.1) is 18.4 Å². The standard InChI is InChI=1S/C13H13NO2/c1-9-4-3-6-14-11(9)8-12(15)13-10(2)5-7-16-13/h3-7H,8H2,1-2H3. The van der Waals surface area contributed by atoms with E-state index < -0.39 is 0 Å². The maximum Gasteiger partial charge on any atom is 0.204 e. The molecule has 16 heavy (non-hydrogen) atoms. The minimum absolute atomic E-state index is 0.0238. The second kappa shape index (κ2) is 4.31. The molecule has 0 unspecified atom stereocenters. The van der Waals surface area contributed by atoms with Crippen molar-refractivity contribution in [3.63, 3.8) is 0 Å². The molecule has 3 nitrogen and oxygen atoms in total. The number of aryl methyl sites for hydroxylation is 2. The molecule has 2 rings (SSSR count). The van der Waals surface area contributed by atoms with Gasteiger partial charge in [-0.25, -0.2) is 0 Å². The van der Waals surface area contributed by atoms with Crippen molar-refractivity contribution < 1.29 is 9.21 Å². The molecular weight excluding hydrogens is 202 g/mol. The lowest BCUT2D eigenvalue weighted by molar-refractivity contribution is 0.0964.